The number of aromatic nitrogens is 4. The predicted molar refractivity (Wildman–Crippen MR) is 82.1 cm³/mol. The molecule has 0 amide bonds. The van der Waals surface area contributed by atoms with Gasteiger partial charge in [0.1, 0.15) is 5.82 Å². The highest BCUT2D eigenvalue weighted by atomic mass is 19.1. The number of benzene rings is 1. The van der Waals surface area contributed by atoms with E-state index in [1.165, 1.54) is 12.1 Å². The molecule has 0 saturated heterocycles. The minimum absolute atomic E-state index is 0.263. The van der Waals surface area contributed by atoms with Crippen molar-refractivity contribution in [3.05, 3.63) is 66.5 Å². The van der Waals surface area contributed by atoms with Crippen molar-refractivity contribution in [1.82, 2.24) is 24.9 Å². The molecule has 1 N–H and O–H groups in total. The van der Waals surface area contributed by atoms with Crippen molar-refractivity contribution in [2.45, 2.75) is 26.1 Å². The monoisotopic (exact) mass is 299 g/mol. The predicted octanol–water partition coefficient (Wildman–Crippen LogP) is 2.39. The maximum absolute atomic E-state index is 13.2. The van der Waals surface area contributed by atoms with Gasteiger partial charge in [-0.3, -0.25) is 4.68 Å². The maximum atomic E-state index is 13.2. The van der Waals surface area contributed by atoms with E-state index in [2.05, 4.69) is 22.4 Å². The normalized spacial score (nSPS) is 12.5. The van der Waals surface area contributed by atoms with Gasteiger partial charge in [0, 0.05) is 36.7 Å². The minimum Gasteiger partial charge on any atom is -0.308 e. The summed E-state index contributed by atoms with van der Waals surface area (Å²) in [7, 11) is 0. The highest BCUT2D eigenvalue weighted by molar-refractivity contribution is 5.31. The number of hydrogen-bond acceptors (Lipinski definition) is 3. The van der Waals surface area contributed by atoms with Crippen molar-refractivity contribution >= 4 is 0 Å². The van der Waals surface area contributed by atoms with Gasteiger partial charge in [-0.15, -0.1) is 0 Å². The lowest BCUT2D eigenvalue weighted by Crippen LogP contribution is -2.30. The molecule has 3 aromatic rings. The highest BCUT2D eigenvalue weighted by Crippen LogP contribution is 2.10. The second-order valence-electron chi connectivity index (χ2n) is 5.28. The van der Waals surface area contributed by atoms with Crippen LogP contribution in [0, 0.1) is 5.82 Å². The molecule has 0 fully saturated rings. The molecule has 0 bridgehead atoms. The van der Waals surface area contributed by atoms with Crippen molar-refractivity contribution in [2.24, 2.45) is 0 Å². The van der Waals surface area contributed by atoms with E-state index in [4.69, 9.17) is 0 Å². The number of nitrogens with one attached hydrogen (secondary N) is 1. The number of halogens is 1. The zero-order chi connectivity index (χ0) is 15.4. The Bertz CT molecular complexity index is 720. The van der Waals surface area contributed by atoms with Crippen LogP contribution in [-0.2, 0) is 13.1 Å². The molecule has 0 aliphatic carbocycles. The summed E-state index contributed by atoms with van der Waals surface area (Å²) in [5, 5.41) is 11.9. The summed E-state index contributed by atoms with van der Waals surface area (Å²) in [5.74, 6) is -0.263. The van der Waals surface area contributed by atoms with Crippen LogP contribution < -0.4 is 5.32 Å². The minimum atomic E-state index is -0.263. The summed E-state index contributed by atoms with van der Waals surface area (Å²) < 4.78 is 16.8. The van der Waals surface area contributed by atoms with E-state index in [1.54, 1.807) is 23.1 Å². The van der Waals surface area contributed by atoms with Gasteiger partial charge in [0.05, 0.1) is 18.4 Å². The van der Waals surface area contributed by atoms with Crippen LogP contribution in [0.2, 0.25) is 0 Å². The summed E-state index contributed by atoms with van der Waals surface area (Å²) in [6.45, 7) is 3.63. The molecular formula is C16H18FN5. The van der Waals surface area contributed by atoms with Gasteiger partial charge in [0.15, 0.2) is 0 Å². The fourth-order valence-electron chi connectivity index (χ4n) is 2.26. The Morgan fingerprint density at radius 2 is 2.18 bits per heavy atom. The second kappa shape index (κ2) is 6.53. The molecular weight excluding hydrogens is 281 g/mol. The van der Waals surface area contributed by atoms with Crippen molar-refractivity contribution in [3.63, 3.8) is 0 Å². The quantitative estimate of drug-likeness (QED) is 0.760. The average molecular weight is 299 g/mol. The average Bonchev–Trinajstić information content (AvgIpc) is 3.16. The molecule has 2 aromatic heterocycles. The van der Waals surface area contributed by atoms with Crippen LogP contribution >= 0.6 is 0 Å². The molecule has 6 heteroatoms. The molecule has 0 aliphatic heterocycles. The van der Waals surface area contributed by atoms with E-state index in [9.17, 15) is 4.39 Å². The number of nitrogens with zero attached hydrogens (tertiary/aromatic N) is 4. The molecule has 0 spiro atoms. The molecule has 22 heavy (non-hydrogen) atoms. The molecule has 1 atom stereocenters. The zero-order valence-electron chi connectivity index (χ0n) is 12.4. The Kier molecular flexibility index (Phi) is 4.29. The Morgan fingerprint density at radius 3 is 2.95 bits per heavy atom. The van der Waals surface area contributed by atoms with E-state index in [-0.39, 0.29) is 11.9 Å². The van der Waals surface area contributed by atoms with Gasteiger partial charge in [0.2, 0.25) is 0 Å². The Balaban J connectivity index is 1.58. The van der Waals surface area contributed by atoms with Gasteiger partial charge in [-0.25, -0.2) is 9.07 Å². The van der Waals surface area contributed by atoms with Crippen LogP contribution in [0.3, 0.4) is 0 Å². The summed E-state index contributed by atoms with van der Waals surface area (Å²) in [6.07, 6.45) is 7.41. The largest absolute Gasteiger partial charge is 0.308 e. The molecule has 0 saturated carbocycles. The van der Waals surface area contributed by atoms with Crippen molar-refractivity contribution < 1.29 is 4.39 Å². The van der Waals surface area contributed by atoms with E-state index in [0.717, 1.165) is 17.8 Å². The number of hydrogen-bond donors (Lipinski definition) is 1. The first-order valence-corrected chi connectivity index (χ1v) is 7.21. The second-order valence-corrected chi connectivity index (χ2v) is 5.28. The fourth-order valence-corrected chi connectivity index (χ4v) is 2.26. The Labute approximate surface area is 128 Å². The Hall–Kier alpha value is -2.47. The summed E-state index contributed by atoms with van der Waals surface area (Å²) in [5.41, 5.74) is 1.77. The van der Waals surface area contributed by atoms with Crippen LogP contribution in [0.5, 0.6) is 0 Å². The third-order valence-electron chi connectivity index (χ3n) is 3.38. The summed E-state index contributed by atoms with van der Waals surface area (Å²) in [6, 6.07) is 8.59. The SMILES string of the molecule is C[C@@H](Cn1cccn1)NCc1cnn(-c2cccc(F)c2)c1. The molecule has 0 unspecified atom stereocenters. The lowest BCUT2D eigenvalue weighted by atomic mass is 10.3. The molecule has 2 heterocycles. The van der Waals surface area contributed by atoms with Gasteiger partial charge in [-0.05, 0) is 31.2 Å². The topological polar surface area (TPSA) is 47.7 Å². The first-order valence-electron chi connectivity index (χ1n) is 7.21. The third-order valence-corrected chi connectivity index (χ3v) is 3.38. The van der Waals surface area contributed by atoms with Gasteiger partial charge in [0.25, 0.3) is 0 Å². The van der Waals surface area contributed by atoms with Crippen LogP contribution in [0.25, 0.3) is 5.69 Å². The van der Waals surface area contributed by atoms with Crippen LogP contribution in [0.4, 0.5) is 4.39 Å². The van der Waals surface area contributed by atoms with Gasteiger partial charge in [-0.2, -0.15) is 10.2 Å². The summed E-state index contributed by atoms with van der Waals surface area (Å²) >= 11 is 0. The van der Waals surface area contributed by atoms with Crippen LogP contribution in [0.15, 0.2) is 55.1 Å². The third kappa shape index (κ3) is 3.59. The highest BCUT2D eigenvalue weighted by Gasteiger charge is 2.05. The van der Waals surface area contributed by atoms with E-state index < -0.39 is 0 Å². The fraction of sp³-hybridized carbons (Fsp3) is 0.250. The smallest absolute Gasteiger partial charge is 0.125 e. The van der Waals surface area contributed by atoms with Gasteiger partial charge >= 0.3 is 0 Å². The van der Waals surface area contributed by atoms with E-state index in [1.807, 2.05) is 29.2 Å². The van der Waals surface area contributed by atoms with Crippen molar-refractivity contribution in [3.8, 4) is 5.69 Å². The first kappa shape index (κ1) is 14.5. The molecule has 3 rings (SSSR count). The van der Waals surface area contributed by atoms with Crippen molar-refractivity contribution in [2.75, 3.05) is 0 Å². The Morgan fingerprint density at radius 1 is 1.27 bits per heavy atom. The molecule has 0 aliphatic rings. The first-order chi connectivity index (χ1) is 10.7. The lowest BCUT2D eigenvalue weighted by molar-refractivity contribution is 0.451. The van der Waals surface area contributed by atoms with E-state index in [0.29, 0.717) is 6.54 Å². The standard InChI is InChI=1S/C16H18FN5/c1-13(11-21-7-3-6-19-21)18-9-14-10-20-22(12-14)16-5-2-4-15(17)8-16/h2-8,10,12-13,18H,9,11H2,1H3/t13-/m0/s1. The summed E-state index contributed by atoms with van der Waals surface area (Å²) in [4.78, 5) is 0. The maximum Gasteiger partial charge on any atom is 0.125 e. The molecule has 5 nitrogen and oxygen atoms in total. The lowest BCUT2D eigenvalue weighted by Gasteiger charge is -2.12. The van der Waals surface area contributed by atoms with Crippen LogP contribution in [0.1, 0.15) is 12.5 Å². The van der Waals surface area contributed by atoms with Crippen molar-refractivity contribution in [1.29, 1.82) is 0 Å². The van der Waals surface area contributed by atoms with Crippen LogP contribution in [-0.4, -0.2) is 25.6 Å². The zero-order valence-corrected chi connectivity index (χ0v) is 12.4. The molecule has 1 aromatic carbocycles. The van der Waals surface area contributed by atoms with Gasteiger partial charge < -0.3 is 5.32 Å². The number of rotatable bonds is 6. The molecule has 0 radical (unpaired) electrons. The van der Waals surface area contributed by atoms with E-state index >= 15 is 0 Å². The molecule has 114 valence electrons. The van der Waals surface area contributed by atoms with Gasteiger partial charge in [-0.1, -0.05) is 6.07 Å².